The van der Waals surface area contributed by atoms with E-state index in [1.54, 1.807) is 12.1 Å². The second-order valence-electron chi connectivity index (χ2n) is 8.81. The van der Waals surface area contributed by atoms with Crippen LogP contribution in [0.2, 0.25) is 0 Å². The minimum atomic E-state index is -3.70. The van der Waals surface area contributed by atoms with Gasteiger partial charge in [0.05, 0.1) is 7.11 Å². The topological polar surface area (TPSA) is 75.7 Å². The summed E-state index contributed by atoms with van der Waals surface area (Å²) in [4.78, 5) is 13.0. The van der Waals surface area contributed by atoms with Crippen molar-refractivity contribution in [1.82, 2.24) is 9.62 Å². The van der Waals surface area contributed by atoms with Crippen LogP contribution in [0.5, 0.6) is 5.75 Å². The molecular weight excluding hydrogens is 412 g/mol. The van der Waals surface area contributed by atoms with Gasteiger partial charge in [-0.15, -0.1) is 0 Å². The lowest BCUT2D eigenvalue weighted by Crippen LogP contribution is -2.37. The molecule has 1 heterocycles. The first kappa shape index (κ1) is 23.3. The predicted octanol–water partition coefficient (Wildman–Crippen LogP) is 3.97. The van der Waals surface area contributed by atoms with Gasteiger partial charge in [-0.05, 0) is 55.4 Å². The first-order valence-electron chi connectivity index (χ1n) is 10.7. The van der Waals surface area contributed by atoms with Gasteiger partial charge in [0.25, 0.3) is 5.91 Å². The van der Waals surface area contributed by atoms with Crippen molar-refractivity contribution in [2.45, 2.75) is 56.4 Å². The van der Waals surface area contributed by atoms with Crippen LogP contribution in [-0.2, 0) is 15.4 Å². The number of carbonyl (C=O) groups is 1. The van der Waals surface area contributed by atoms with Crippen LogP contribution in [0.25, 0.3) is 0 Å². The van der Waals surface area contributed by atoms with E-state index in [9.17, 15) is 13.2 Å². The van der Waals surface area contributed by atoms with Gasteiger partial charge in [0.1, 0.15) is 10.6 Å². The number of methoxy groups -OCH3 is 1. The van der Waals surface area contributed by atoms with Crippen LogP contribution in [-0.4, -0.2) is 44.9 Å². The second kappa shape index (κ2) is 9.40. The van der Waals surface area contributed by atoms with Crippen molar-refractivity contribution in [3.05, 3.63) is 59.7 Å². The van der Waals surface area contributed by atoms with Gasteiger partial charge in [0, 0.05) is 24.7 Å². The summed E-state index contributed by atoms with van der Waals surface area (Å²) in [5.41, 5.74) is 1.40. The number of nitrogens with one attached hydrogen (secondary N) is 1. The quantitative estimate of drug-likeness (QED) is 0.669. The van der Waals surface area contributed by atoms with Crippen molar-refractivity contribution in [2.24, 2.45) is 0 Å². The van der Waals surface area contributed by atoms with E-state index in [-0.39, 0.29) is 28.0 Å². The number of rotatable bonds is 8. The molecule has 2 aromatic carbocycles. The lowest BCUT2D eigenvalue weighted by Gasteiger charge is -2.29. The average molecular weight is 445 g/mol. The molecule has 1 aliphatic rings. The Kier molecular flexibility index (Phi) is 7.06. The molecule has 1 unspecified atom stereocenters. The lowest BCUT2D eigenvalue weighted by atomic mass is 9.79. The van der Waals surface area contributed by atoms with Crippen molar-refractivity contribution in [2.75, 3.05) is 20.2 Å². The summed E-state index contributed by atoms with van der Waals surface area (Å²) in [7, 11) is -2.27. The molecule has 1 N–H and O–H groups in total. The van der Waals surface area contributed by atoms with E-state index in [1.807, 2.05) is 25.1 Å². The van der Waals surface area contributed by atoms with E-state index in [2.05, 4.69) is 31.3 Å². The van der Waals surface area contributed by atoms with Crippen molar-refractivity contribution in [3.8, 4) is 5.75 Å². The van der Waals surface area contributed by atoms with Crippen molar-refractivity contribution in [1.29, 1.82) is 0 Å². The zero-order valence-electron chi connectivity index (χ0n) is 18.7. The Hall–Kier alpha value is -2.38. The van der Waals surface area contributed by atoms with Crippen LogP contribution in [0.15, 0.2) is 53.4 Å². The molecule has 6 nitrogen and oxygen atoms in total. The van der Waals surface area contributed by atoms with E-state index >= 15 is 0 Å². The Morgan fingerprint density at radius 2 is 1.77 bits per heavy atom. The molecule has 0 aliphatic carbocycles. The van der Waals surface area contributed by atoms with Gasteiger partial charge in [0.15, 0.2) is 0 Å². The summed E-state index contributed by atoms with van der Waals surface area (Å²) in [5, 5.41) is 3.02. The van der Waals surface area contributed by atoms with Crippen LogP contribution >= 0.6 is 0 Å². The Bertz CT molecular complexity index is 1010. The molecule has 7 heteroatoms. The van der Waals surface area contributed by atoms with Gasteiger partial charge in [0.2, 0.25) is 10.0 Å². The summed E-state index contributed by atoms with van der Waals surface area (Å²) < 4.78 is 32.9. The zero-order chi connectivity index (χ0) is 22.6. The fourth-order valence-electron chi connectivity index (χ4n) is 4.22. The van der Waals surface area contributed by atoms with Crippen molar-refractivity contribution < 1.29 is 17.9 Å². The maximum Gasteiger partial charge on any atom is 0.251 e. The summed E-state index contributed by atoms with van der Waals surface area (Å²) in [6, 6.07) is 14.7. The van der Waals surface area contributed by atoms with Gasteiger partial charge in [-0.25, -0.2) is 8.42 Å². The maximum atomic E-state index is 13.1. The third kappa shape index (κ3) is 5.28. The van der Waals surface area contributed by atoms with E-state index in [4.69, 9.17) is 4.74 Å². The van der Waals surface area contributed by atoms with Gasteiger partial charge >= 0.3 is 0 Å². The zero-order valence-corrected chi connectivity index (χ0v) is 19.5. The number of benzene rings is 2. The minimum Gasteiger partial charge on any atom is -0.495 e. The number of ether oxygens (including phenoxy) is 1. The minimum absolute atomic E-state index is 0.0434. The number of sulfonamides is 1. The molecule has 1 amide bonds. The highest BCUT2D eigenvalue weighted by atomic mass is 32.2. The summed E-state index contributed by atoms with van der Waals surface area (Å²) in [5.74, 6) is -0.0430. The summed E-state index contributed by atoms with van der Waals surface area (Å²) in [6.07, 6.45) is 2.44. The highest BCUT2D eigenvalue weighted by Crippen LogP contribution is 2.31. The smallest absolute Gasteiger partial charge is 0.251 e. The fraction of sp³-hybridized carbons (Fsp3) is 0.458. The maximum absolute atomic E-state index is 13.1. The van der Waals surface area contributed by atoms with Crippen molar-refractivity contribution >= 4 is 15.9 Å². The fourth-order valence-corrected chi connectivity index (χ4v) is 5.92. The molecule has 0 bridgehead atoms. The Labute approximate surface area is 185 Å². The molecule has 168 valence electrons. The molecule has 3 rings (SSSR count). The number of nitrogens with zero attached hydrogens (tertiary/aromatic N) is 1. The number of carbonyl (C=O) groups excluding carboxylic acids is 1. The molecule has 1 saturated heterocycles. The number of hydrogen-bond acceptors (Lipinski definition) is 4. The standard InChI is InChI=1S/C24H32N2O4S/c1-18(17-24(2,3)20-10-6-5-7-11-20)25-23(27)19-12-13-21(30-4)22(16-19)31(28,29)26-14-8-9-15-26/h5-7,10-13,16,18H,8-9,14-15,17H2,1-4H3,(H,25,27). The van der Waals surface area contributed by atoms with E-state index in [0.29, 0.717) is 18.7 Å². The molecule has 1 atom stereocenters. The van der Waals surface area contributed by atoms with Gasteiger partial charge < -0.3 is 10.1 Å². The molecule has 0 aromatic heterocycles. The van der Waals surface area contributed by atoms with Crippen molar-refractivity contribution in [3.63, 3.8) is 0 Å². The summed E-state index contributed by atoms with van der Waals surface area (Å²) in [6.45, 7) is 7.26. The Morgan fingerprint density at radius 1 is 1.13 bits per heavy atom. The molecule has 0 spiro atoms. The van der Waals surface area contributed by atoms with Crippen LogP contribution in [0, 0.1) is 0 Å². The van der Waals surface area contributed by atoms with Crippen LogP contribution < -0.4 is 10.1 Å². The van der Waals surface area contributed by atoms with Gasteiger partial charge in [-0.2, -0.15) is 4.31 Å². The molecule has 1 fully saturated rings. The Morgan fingerprint density at radius 3 is 2.39 bits per heavy atom. The first-order valence-corrected chi connectivity index (χ1v) is 12.1. The van der Waals surface area contributed by atoms with Crippen LogP contribution in [0.4, 0.5) is 0 Å². The average Bonchev–Trinajstić information content (AvgIpc) is 3.29. The SMILES string of the molecule is COc1ccc(C(=O)NC(C)CC(C)(C)c2ccccc2)cc1S(=O)(=O)N1CCCC1. The van der Waals surface area contributed by atoms with E-state index < -0.39 is 10.0 Å². The molecule has 31 heavy (non-hydrogen) atoms. The molecular formula is C24H32N2O4S. The Balaban J connectivity index is 1.77. The number of hydrogen-bond donors (Lipinski definition) is 1. The monoisotopic (exact) mass is 444 g/mol. The van der Waals surface area contributed by atoms with E-state index in [1.165, 1.54) is 23.0 Å². The largest absolute Gasteiger partial charge is 0.495 e. The third-order valence-electron chi connectivity index (χ3n) is 5.86. The summed E-state index contributed by atoms with van der Waals surface area (Å²) >= 11 is 0. The molecule has 0 radical (unpaired) electrons. The van der Waals surface area contributed by atoms with Gasteiger partial charge in [-0.1, -0.05) is 44.2 Å². The third-order valence-corrected chi connectivity index (χ3v) is 7.78. The molecule has 0 saturated carbocycles. The number of amides is 1. The lowest BCUT2D eigenvalue weighted by molar-refractivity contribution is 0.0934. The second-order valence-corrected chi connectivity index (χ2v) is 10.7. The normalized spacial score (nSPS) is 16.1. The van der Waals surface area contributed by atoms with Crippen LogP contribution in [0.1, 0.15) is 56.0 Å². The highest BCUT2D eigenvalue weighted by molar-refractivity contribution is 7.89. The van der Waals surface area contributed by atoms with Gasteiger partial charge in [-0.3, -0.25) is 4.79 Å². The predicted molar refractivity (Wildman–Crippen MR) is 122 cm³/mol. The highest BCUT2D eigenvalue weighted by Gasteiger charge is 2.31. The van der Waals surface area contributed by atoms with Crippen LogP contribution in [0.3, 0.4) is 0 Å². The molecule has 2 aromatic rings. The first-order chi connectivity index (χ1) is 14.6. The molecule has 1 aliphatic heterocycles. The van der Waals surface area contributed by atoms with E-state index in [0.717, 1.165) is 19.3 Å².